The fraction of sp³-hybridized carbons (Fsp3) is 0.929. The molecular weight excluding hydrogens is 374 g/mol. The van der Waals surface area contributed by atoms with Gasteiger partial charge in [-0.15, -0.1) is 0 Å². The summed E-state index contributed by atoms with van der Waals surface area (Å²) in [5.41, 5.74) is 5.27. The molecule has 0 aliphatic carbocycles. The van der Waals surface area contributed by atoms with Gasteiger partial charge in [0.25, 0.3) is 0 Å². The molecule has 0 amide bonds. The standard InChI is InChI=1S/C14H25NO12/c15-4(12(22)23)2-24-13-10(20)8(18)6(3-25-13)27-14-11(21)9(19)7(17)5(1-16)26-14/h4-11,13-14,16-21H,1-3,15H2,(H,22,23)/t4-,5+,6+,7-,8-,9-,10+,11+,13+,14-/m0/s1. The second-order valence-corrected chi connectivity index (χ2v) is 6.33. The molecular formula is C14H25NO12. The maximum Gasteiger partial charge on any atom is 0.322 e. The van der Waals surface area contributed by atoms with E-state index in [4.69, 9.17) is 34.9 Å². The van der Waals surface area contributed by atoms with Crippen molar-refractivity contribution in [2.45, 2.75) is 61.3 Å². The van der Waals surface area contributed by atoms with Crippen LogP contribution in [0.15, 0.2) is 0 Å². The molecule has 0 spiro atoms. The fourth-order valence-corrected chi connectivity index (χ4v) is 2.66. The lowest BCUT2D eigenvalue weighted by molar-refractivity contribution is -0.343. The molecule has 0 bridgehead atoms. The van der Waals surface area contributed by atoms with Crippen LogP contribution in [0.2, 0.25) is 0 Å². The molecule has 158 valence electrons. The maximum absolute atomic E-state index is 10.7. The number of rotatable bonds is 7. The van der Waals surface area contributed by atoms with Crippen molar-refractivity contribution in [3.05, 3.63) is 0 Å². The molecule has 10 atom stereocenters. The summed E-state index contributed by atoms with van der Waals surface area (Å²) >= 11 is 0. The number of hydrogen-bond acceptors (Lipinski definition) is 12. The second-order valence-electron chi connectivity index (χ2n) is 6.33. The quantitative estimate of drug-likeness (QED) is 0.200. The van der Waals surface area contributed by atoms with Crippen molar-refractivity contribution in [1.82, 2.24) is 0 Å². The zero-order valence-corrected chi connectivity index (χ0v) is 14.1. The Morgan fingerprint density at radius 2 is 1.67 bits per heavy atom. The molecule has 0 aromatic heterocycles. The number of ether oxygens (including phenoxy) is 4. The average molecular weight is 399 g/mol. The number of hydrogen-bond donors (Lipinski definition) is 8. The molecule has 2 saturated heterocycles. The molecule has 13 heteroatoms. The van der Waals surface area contributed by atoms with Gasteiger partial charge >= 0.3 is 5.97 Å². The van der Waals surface area contributed by atoms with Gasteiger partial charge in [-0.2, -0.15) is 0 Å². The Balaban J connectivity index is 1.92. The van der Waals surface area contributed by atoms with E-state index in [2.05, 4.69) is 0 Å². The number of nitrogens with two attached hydrogens (primary N) is 1. The smallest absolute Gasteiger partial charge is 0.322 e. The lowest BCUT2D eigenvalue weighted by Crippen LogP contribution is -2.62. The van der Waals surface area contributed by atoms with E-state index in [0.717, 1.165) is 0 Å². The van der Waals surface area contributed by atoms with Crippen LogP contribution in [0.25, 0.3) is 0 Å². The van der Waals surface area contributed by atoms with Gasteiger partial charge in [-0.3, -0.25) is 4.79 Å². The third kappa shape index (κ3) is 5.10. The zero-order chi connectivity index (χ0) is 20.3. The van der Waals surface area contributed by atoms with Crippen LogP contribution in [0.5, 0.6) is 0 Å². The zero-order valence-electron chi connectivity index (χ0n) is 14.1. The van der Waals surface area contributed by atoms with Gasteiger partial charge in [0.1, 0.15) is 48.8 Å². The van der Waals surface area contributed by atoms with Crippen LogP contribution in [0.3, 0.4) is 0 Å². The molecule has 0 saturated carbocycles. The van der Waals surface area contributed by atoms with Crippen LogP contribution in [-0.4, -0.2) is 123 Å². The molecule has 0 radical (unpaired) electrons. The van der Waals surface area contributed by atoms with Crippen LogP contribution >= 0.6 is 0 Å². The fourth-order valence-electron chi connectivity index (χ4n) is 2.66. The molecule has 2 rings (SSSR count). The van der Waals surface area contributed by atoms with Crippen molar-refractivity contribution in [3.8, 4) is 0 Å². The molecule has 2 aliphatic heterocycles. The van der Waals surface area contributed by atoms with E-state index in [0.29, 0.717) is 0 Å². The molecule has 9 N–H and O–H groups in total. The van der Waals surface area contributed by atoms with E-state index in [1.807, 2.05) is 0 Å². The Morgan fingerprint density at radius 1 is 1.04 bits per heavy atom. The molecule has 2 aliphatic rings. The molecule has 0 unspecified atom stereocenters. The van der Waals surface area contributed by atoms with E-state index < -0.39 is 80.5 Å². The first-order valence-electron chi connectivity index (χ1n) is 8.21. The van der Waals surface area contributed by atoms with Gasteiger partial charge in [0.05, 0.1) is 19.8 Å². The van der Waals surface area contributed by atoms with Gasteiger partial charge in [-0.25, -0.2) is 0 Å². The monoisotopic (exact) mass is 399 g/mol. The van der Waals surface area contributed by atoms with Crippen molar-refractivity contribution in [2.75, 3.05) is 19.8 Å². The summed E-state index contributed by atoms with van der Waals surface area (Å²) in [6.07, 6.45) is -13.4. The summed E-state index contributed by atoms with van der Waals surface area (Å²) in [5.74, 6) is -1.32. The van der Waals surface area contributed by atoms with Crippen LogP contribution in [0, 0.1) is 0 Å². The predicted octanol–water partition coefficient (Wildman–Crippen LogP) is -5.32. The number of aliphatic carboxylic acids is 1. The maximum atomic E-state index is 10.7. The van der Waals surface area contributed by atoms with Gasteiger partial charge in [0.2, 0.25) is 0 Å². The highest BCUT2D eigenvalue weighted by molar-refractivity contribution is 5.73. The van der Waals surface area contributed by atoms with Gasteiger partial charge < -0.3 is 60.4 Å². The molecule has 13 nitrogen and oxygen atoms in total. The van der Waals surface area contributed by atoms with Crippen LogP contribution < -0.4 is 5.73 Å². The van der Waals surface area contributed by atoms with Crippen LogP contribution in [0.1, 0.15) is 0 Å². The number of aliphatic hydroxyl groups excluding tert-OH is 6. The highest BCUT2D eigenvalue weighted by Crippen LogP contribution is 2.26. The summed E-state index contributed by atoms with van der Waals surface area (Å²) < 4.78 is 20.7. The van der Waals surface area contributed by atoms with E-state index in [1.165, 1.54) is 0 Å². The summed E-state index contributed by atoms with van der Waals surface area (Å²) in [6, 6.07) is -1.35. The van der Waals surface area contributed by atoms with Crippen LogP contribution in [0.4, 0.5) is 0 Å². The molecule has 0 aromatic carbocycles. The summed E-state index contributed by atoms with van der Waals surface area (Å²) in [6.45, 7) is -1.46. The Morgan fingerprint density at radius 3 is 2.26 bits per heavy atom. The Bertz CT molecular complexity index is 493. The Labute approximate surface area is 153 Å². The first kappa shape index (κ1) is 22.3. The highest BCUT2D eigenvalue weighted by atomic mass is 16.7. The Hall–Kier alpha value is -0.970. The van der Waals surface area contributed by atoms with Gasteiger partial charge in [-0.1, -0.05) is 0 Å². The number of aliphatic hydroxyl groups is 6. The van der Waals surface area contributed by atoms with E-state index in [1.54, 1.807) is 0 Å². The van der Waals surface area contributed by atoms with Gasteiger partial charge in [0.15, 0.2) is 12.6 Å². The third-order valence-corrected chi connectivity index (χ3v) is 4.35. The summed E-state index contributed by atoms with van der Waals surface area (Å²) in [5, 5.41) is 67.4. The van der Waals surface area contributed by atoms with Crippen molar-refractivity contribution >= 4 is 5.97 Å². The highest BCUT2D eigenvalue weighted by Gasteiger charge is 2.47. The van der Waals surface area contributed by atoms with Crippen LogP contribution in [-0.2, 0) is 23.7 Å². The average Bonchev–Trinajstić information content (AvgIpc) is 2.64. The largest absolute Gasteiger partial charge is 0.480 e. The normalized spacial score (nSPS) is 44.0. The minimum Gasteiger partial charge on any atom is -0.480 e. The van der Waals surface area contributed by atoms with Crippen molar-refractivity contribution < 1.29 is 59.5 Å². The lowest BCUT2D eigenvalue weighted by Gasteiger charge is -2.43. The minimum absolute atomic E-state index is 0.333. The SMILES string of the molecule is N[C@@H](CO[C@@H]1OC[C@@H](O[C@@H]2O[C@H](CO)[C@H](O)[C@H](O)[C@H]2O)[C@H](O)[C@H]1O)C(=O)O. The molecule has 2 fully saturated rings. The first-order valence-corrected chi connectivity index (χ1v) is 8.21. The lowest BCUT2D eigenvalue weighted by atomic mass is 9.99. The second kappa shape index (κ2) is 9.49. The Kier molecular flexibility index (Phi) is 7.84. The minimum atomic E-state index is -1.69. The van der Waals surface area contributed by atoms with Crippen molar-refractivity contribution in [1.29, 1.82) is 0 Å². The molecule has 0 aromatic rings. The predicted molar refractivity (Wildman–Crippen MR) is 82.0 cm³/mol. The van der Waals surface area contributed by atoms with Crippen molar-refractivity contribution in [3.63, 3.8) is 0 Å². The molecule has 27 heavy (non-hydrogen) atoms. The number of carbonyl (C=O) groups is 1. The number of carboxylic acid groups (broad SMARTS) is 1. The van der Waals surface area contributed by atoms with E-state index in [-0.39, 0.29) is 6.61 Å². The topological polar surface area (TPSA) is 222 Å². The van der Waals surface area contributed by atoms with Crippen molar-refractivity contribution in [2.24, 2.45) is 5.73 Å². The first-order chi connectivity index (χ1) is 12.7. The van der Waals surface area contributed by atoms with Gasteiger partial charge in [0, 0.05) is 0 Å². The summed E-state index contributed by atoms with van der Waals surface area (Å²) in [7, 11) is 0. The van der Waals surface area contributed by atoms with E-state index >= 15 is 0 Å². The molecule has 2 heterocycles. The number of carboxylic acids is 1. The van der Waals surface area contributed by atoms with E-state index in [9.17, 15) is 30.3 Å². The third-order valence-electron chi connectivity index (χ3n) is 4.35. The summed E-state index contributed by atoms with van der Waals surface area (Å²) in [4.78, 5) is 10.7. The van der Waals surface area contributed by atoms with Gasteiger partial charge in [-0.05, 0) is 0 Å².